The Morgan fingerprint density at radius 3 is 2.68 bits per heavy atom. The average Bonchev–Trinajstić information content (AvgIpc) is 3.09. The fourth-order valence-electron chi connectivity index (χ4n) is 2.89. The van der Waals surface area contributed by atoms with Crippen LogP contribution in [0.1, 0.15) is 37.4 Å². The number of aromatic nitrogens is 2. The number of amides is 2. The molecule has 19 heavy (non-hydrogen) atoms. The maximum absolute atomic E-state index is 12.2. The lowest BCUT2D eigenvalue weighted by Gasteiger charge is -2.32. The number of nitrogens with one attached hydrogen (secondary N) is 2. The van der Waals surface area contributed by atoms with Crippen LogP contribution in [-0.4, -0.2) is 45.8 Å². The lowest BCUT2D eigenvalue weighted by molar-refractivity contribution is -0.135. The van der Waals surface area contributed by atoms with Crippen LogP contribution in [0, 0.1) is 0 Å². The molecule has 102 valence electrons. The van der Waals surface area contributed by atoms with E-state index in [0.717, 1.165) is 31.8 Å². The molecule has 0 spiro atoms. The highest BCUT2D eigenvalue weighted by Gasteiger charge is 2.33. The van der Waals surface area contributed by atoms with Gasteiger partial charge in [0.15, 0.2) is 0 Å². The molecule has 1 aromatic rings. The van der Waals surface area contributed by atoms with E-state index in [1.165, 1.54) is 0 Å². The van der Waals surface area contributed by atoms with E-state index in [2.05, 4.69) is 15.3 Å². The van der Waals surface area contributed by atoms with Crippen LogP contribution in [0.15, 0.2) is 12.4 Å². The molecule has 0 aromatic carbocycles. The van der Waals surface area contributed by atoms with Crippen LogP contribution in [0.3, 0.4) is 0 Å². The zero-order valence-corrected chi connectivity index (χ0v) is 10.8. The third kappa shape index (κ3) is 2.47. The number of hydrogen-bond donors (Lipinski definition) is 2. The zero-order valence-electron chi connectivity index (χ0n) is 10.8. The summed E-state index contributed by atoms with van der Waals surface area (Å²) in [6.45, 7) is 1.49. The maximum atomic E-state index is 12.2. The van der Waals surface area contributed by atoms with Crippen molar-refractivity contribution in [3.8, 4) is 0 Å². The number of imidazole rings is 1. The SMILES string of the molecule is O=C1CCC(C(=O)N2CCC(c3ncc[nH]3)CC2)N1. The molecule has 0 bridgehead atoms. The smallest absolute Gasteiger partial charge is 0.245 e. The van der Waals surface area contributed by atoms with Crippen molar-refractivity contribution in [2.24, 2.45) is 0 Å². The maximum Gasteiger partial charge on any atom is 0.245 e. The van der Waals surface area contributed by atoms with Gasteiger partial charge >= 0.3 is 0 Å². The number of carbonyl (C=O) groups is 2. The molecule has 3 heterocycles. The second kappa shape index (κ2) is 5.03. The molecule has 2 fully saturated rings. The normalized spacial score (nSPS) is 24.5. The molecular formula is C13H18N4O2. The molecule has 2 aliphatic heterocycles. The van der Waals surface area contributed by atoms with Crippen LogP contribution < -0.4 is 5.32 Å². The molecule has 0 aliphatic carbocycles. The summed E-state index contributed by atoms with van der Waals surface area (Å²) in [5.41, 5.74) is 0. The van der Waals surface area contributed by atoms with Crippen LogP contribution in [0.4, 0.5) is 0 Å². The van der Waals surface area contributed by atoms with Gasteiger partial charge in [-0.25, -0.2) is 4.98 Å². The highest BCUT2D eigenvalue weighted by Crippen LogP contribution is 2.26. The minimum atomic E-state index is -0.298. The molecule has 2 amide bonds. The van der Waals surface area contributed by atoms with Crippen LogP contribution in [0.5, 0.6) is 0 Å². The standard InChI is InChI=1S/C13H18N4O2/c18-11-2-1-10(16-11)13(19)17-7-3-9(4-8-17)12-14-5-6-15-12/h5-6,9-10H,1-4,7-8H2,(H,14,15)(H,16,18). The number of H-pyrrole nitrogens is 1. The minimum Gasteiger partial charge on any atom is -0.348 e. The van der Waals surface area contributed by atoms with E-state index in [9.17, 15) is 9.59 Å². The van der Waals surface area contributed by atoms with E-state index >= 15 is 0 Å². The Kier molecular flexibility index (Phi) is 3.23. The van der Waals surface area contributed by atoms with Crippen LogP contribution >= 0.6 is 0 Å². The molecule has 6 nitrogen and oxygen atoms in total. The second-order valence-electron chi connectivity index (χ2n) is 5.23. The lowest BCUT2D eigenvalue weighted by atomic mass is 9.95. The summed E-state index contributed by atoms with van der Waals surface area (Å²) in [4.78, 5) is 32.7. The molecule has 1 atom stereocenters. The van der Waals surface area contributed by atoms with Gasteiger partial charge in [0.25, 0.3) is 0 Å². The first kappa shape index (κ1) is 12.2. The number of nitrogens with zero attached hydrogens (tertiary/aromatic N) is 2. The molecule has 2 N–H and O–H groups in total. The predicted octanol–water partition coefficient (Wildman–Crippen LogP) is 0.394. The van der Waals surface area contributed by atoms with E-state index in [0.29, 0.717) is 18.8 Å². The van der Waals surface area contributed by atoms with Crippen molar-refractivity contribution >= 4 is 11.8 Å². The molecule has 1 unspecified atom stereocenters. The Labute approximate surface area is 111 Å². The fraction of sp³-hybridized carbons (Fsp3) is 0.615. The van der Waals surface area contributed by atoms with Crippen molar-refractivity contribution in [2.75, 3.05) is 13.1 Å². The van der Waals surface area contributed by atoms with Gasteiger partial charge in [0, 0.05) is 37.8 Å². The summed E-state index contributed by atoms with van der Waals surface area (Å²) in [6, 6.07) is -0.298. The zero-order chi connectivity index (χ0) is 13.2. The fourth-order valence-corrected chi connectivity index (χ4v) is 2.89. The van der Waals surface area contributed by atoms with Gasteiger partial charge in [-0.1, -0.05) is 0 Å². The van der Waals surface area contributed by atoms with Crippen molar-refractivity contribution in [1.82, 2.24) is 20.2 Å². The Morgan fingerprint density at radius 2 is 2.11 bits per heavy atom. The summed E-state index contributed by atoms with van der Waals surface area (Å²) in [5, 5.41) is 2.74. The monoisotopic (exact) mass is 262 g/mol. The Hall–Kier alpha value is -1.85. The van der Waals surface area contributed by atoms with E-state index < -0.39 is 0 Å². The lowest BCUT2D eigenvalue weighted by Crippen LogP contribution is -2.47. The van der Waals surface area contributed by atoms with E-state index in [4.69, 9.17) is 0 Å². The third-order valence-electron chi connectivity index (χ3n) is 4.01. The first-order valence-electron chi connectivity index (χ1n) is 6.81. The van der Waals surface area contributed by atoms with Crippen LogP contribution in [0.2, 0.25) is 0 Å². The van der Waals surface area contributed by atoms with Gasteiger partial charge in [0.2, 0.25) is 11.8 Å². The molecule has 1 aromatic heterocycles. The van der Waals surface area contributed by atoms with E-state index in [1.807, 2.05) is 11.1 Å². The molecule has 2 saturated heterocycles. The Morgan fingerprint density at radius 1 is 1.32 bits per heavy atom. The summed E-state index contributed by atoms with van der Waals surface area (Å²) < 4.78 is 0. The largest absolute Gasteiger partial charge is 0.348 e. The quantitative estimate of drug-likeness (QED) is 0.809. The van der Waals surface area contributed by atoms with Gasteiger partial charge in [0.1, 0.15) is 11.9 Å². The highest BCUT2D eigenvalue weighted by molar-refractivity contribution is 5.90. The summed E-state index contributed by atoms with van der Waals surface area (Å²) in [6.07, 6.45) is 6.57. The number of hydrogen-bond acceptors (Lipinski definition) is 3. The van der Waals surface area contributed by atoms with Crippen LogP contribution in [-0.2, 0) is 9.59 Å². The number of aromatic amines is 1. The molecule has 0 saturated carbocycles. The van der Waals surface area contributed by atoms with Crippen molar-refractivity contribution in [2.45, 2.75) is 37.6 Å². The van der Waals surface area contributed by atoms with Crippen LogP contribution in [0.25, 0.3) is 0 Å². The number of piperidine rings is 1. The molecular weight excluding hydrogens is 244 g/mol. The highest BCUT2D eigenvalue weighted by atomic mass is 16.2. The van der Waals surface area contributed by atoms with Gasteiger partial charge < -0.3 is 15.2 Å². The number of rotatable bonds is 2. The topological polar surface area (TPSA) is 78.1 Å². The average molecular weight is 262 g/mol. The minimum absolute atomic E-state index is 0.0104. The Bertz CT molecular complexity index is 463. The number of carbonyl (C=O) groups excluding carboxylic acids is 2. The van der Waals surface area contributed by atoms with Crippen molar-refractivity contribution < 1.29 is 9.59 Å². The van der Waals surface area contributed by atoms with Gasteiger partial charge in [0.05, 0.1) is 0 Å². The summed E-state index contributed by atoms with van der Waals surface area (Å²) in [5.74, 6) is 1.49. The van der Waals surface area contributed by atoms with Gasteiger partial charge in [-0.3, -0.25) is 9.59 Å². The summed E-state index contributed by atoms with van der Waals surface area (Å²) >= 11 is 0. The van der Waals surface area contributed by atoms with Gasteiger partial charge in [-0.2, -0.15) is 0 Å². The van der Waals surface area contributed by atoms with Gasteiger partial charge in [-0.05, 0) is 19.3 Å². The third-order valence-corrected chi connectivity index (χ3v) is 4.01. The van der Waals surface area contributed by atoms with Crippen molar-refractivity contribution in [3.05, 3.63) is 18.2 Å². The Balaban J connectivity index is 1.55. The first-order valence-corrected chi connectivity index (χ1v) is 6.81. The molecule has 6 heteroatoms. The predicted molar refractivity (Wildman–Crippen MR) is 68.3 cm³/mol. The van der Waals surface area contributed by atoms with E-state index in [1.54, 1.807) is 6.20 Å². The molecule has 3 rings (SSSR count). The molecule has 2 aliphatic rings. The number of likely N-dealkylation sites (tertiary alicyclic amines) is 1. The van der Waals surface area contributed by atoms with Gasteiger partial charge in [-0.15, -0.1) is 0 Å². The van der Waals surface area contributed by atoms with E-state index in [-0.39, 0.29) is 17.9 Å². The second-order valence-corrected chi connectivity index (χ2v) is 5.23. The summed E-state index contributed by atoms with van der Waals surface area (Å²) in [7, 11) is 0. The molecule has 0 radical (unpaired) electrons. The van der Waals surface area contributed by atoms with Crippen molar-refractivity contribution in [1.29, 1.82) is 0 Å². The first-order chi connectivity index (χ1) is 9.24. The van der Waals surface area contributed by atoms with Crippen molar-refractivity contribution in [3.63, 3.8) is 0 Å².